The largest absolute Gasteiger partial charge is 0.481 e. The number of amides is 1. The summed E-state index contributed by atoms with van der Waals surface area (Å²) in [6.45, 7) is 3.82. The van der Waals surface area contributed by atoms with E-state index in [0.29, 0.717) is 25.2 Å². The molecule has 1 fully saturated rings. The maximum atomic E-state index is 12.1. The molecule has 0 bridgehead atoms. The molecule has 24 heavy (non-hydrogen) atoms. The van der Waals surface area contributed by atoms with Gasteiger partial charge in [0.25, 0.3) is 0 Å². The standard InChI is InChI=1S/C20H29NO3/c1-16-6-8-17(9-7-16)10-11-18-12-14-21(15-13-18)19(22)4-2-3-5-20(23)24/h6-9,18H,2-5,10-15H2,1H3,(H,23,24). The van der Waals surface area contributed by atoms with Crippen LogP contribution in [0.2, 0.25) is 0 Å². The fourth-order valence-electron chi connectivity index (χ4n) is 3.31. The molecule has 0 aromatic heterocycles. The molecule has 4 heteroatoms. The molecule has 1 amide bonds. The van der Waals surface area contributed by atoms with Crippen LogP contribution in [0.25, 0.3) is 0 Å². The lowest BCUT2D eigenvalue weighted by Crippen LogP contribution is -2.38. The van der Waals surface area contributed by atoms with E-state index in [1.165, 1.54) is 17.5 Å². The normalized spacial score (nSPS) is 15.5. The van der Waals surface area contributed by atoms with Gasteiger partial charge in [-0.05, 0) is 56.9 Å². The maximum absolute atomic E-state index is 12.1. The van der Waals surface area contributed by atoms with Crippen LogP contribution in [-0.4, -0.2) is 35.0 Å². The number of unbranched alkanes of at least 4 members (excludes halogenated alkanes) is 1. The Labute approximate surface area is 144 Å². The van der Waals surface area contributed by atoms with Gasteiger partial charge in [-0.2, -0.15) is 0 Å². The molecule has 1 N–H and O–H groups in total. The number of likely N-dealkylation sites (tertiary alicyclic amines) is 1. The van der Waals surface area contributed by atoms with Crippen LogP contribution in [-0.2, 0) is 16.0 Å². The Kier molecular flexibility index (Phi) is 7.29. The number of benzene rings is 1. The van der Waals surface area contributed by atoms with Crippen molar-refractivity contribution in [3.05, 3.63) is 35.4 Å². The number of carbonyl (C=O) groups excluding carboxylic acids is 1. The molecule has 4 nitrogen and oxygen atoms in total. The van der Waals surface area contributed by atoms with Gasteiger partial charge in [-0.3, -0.25) is 9.59 Å². The summed E-state index contributed by atoms with van der Waals surface area (Å²) in [5.41, 5.74) is 2.70. The van der Waals surface area contributed by atoms with Gasteiger partial charge >= 0.3 is 5.97 Å². The molecule has 1 aliphatic rings. The summed E-state index contributed by atoms with van der Waals surface area (Å²) >= 11 is 0. The predicted molar refractivity (Wildman–Crippen MR) is 94.9 cm³/mol. The highest BCUT2D eigenvalue weighted by Crippen LogP contribution is 2.23. The van der Waals surface area contributed by atoms with Crippen LogP contribution in [0.1, 0.15) is 56.1 Å². The third-order valence-corrected chi connectivity index (χ3v) is 4.96. The van der Waals surface area contributed by atoms with E-state index in [1.807, 2.05) is 4.90 Å². The van der Waals surface area contributed by atoms with E-state index in [2.05, 4.69) is 31.2 Å². The van der Waals surface area contributed by atoms with Crippen LogP contribution in [0.5, 0.6) is 0 Å². The van der Waals surface area contributed by atoms with Gasteiger partial charge in [0.1, 0.15) is 0 Å². The Morgan fingerprint density at radius 2 is 1.71 bits per heavy atom. The molecular formula is C20H29NO3. The summed E-state index contributed by atoms with van der Waals surface area (Å²) in [6.07, 6.45) is 6.42. The Morgan fingerprint density at radius 1 is 1.08 bits per heavy atom. The SMILES string of the molecule is Cc1ccc(CCC2CCN(C(=O)CCCCC(=O)O)CC2)cc1. The zero-order valence-corrected chi connectivity index (χ0v) is 14.7. The van der Waals surface area contributed by atoms with E-state index < -0.39 is 5.97 Å². The minimum atomic E-state index is -0.781. The molecule has 1 aromatic rings. The van der Waals surface area contributed by atoms with Gasteiger partial charge in [-0.15, -0.1) is 0 Å². The number of carboxylic acids is 1. The number of nitrogens with zero attached hydrogens (tertiary/aromatic N) is 1. The van der Waals surface area contributed by atoms with Gasteiger partial charge < -0.3 is 10.0 Å². The lowest BCUT2D eigenvalue weighted by molar-refractivity contribution is -0.137. The Morgan fingerprint density at radius 3 is 2.33 bits per heavy atom. The second kappa shape index (κ2) is 9.45. The van der Waals surface area contributed by atoms with Crippen molar-refractivity contribution in [2.24, 2.45) is 5.92 Å². The maximum Gasteiger partial charge on any atom is 0.303 e. The monoisotopic (exact) mass is 331 g/mol. The number of hydrogen-bond donors (Lipinski definition) is 1. The first-order valence-corrected chi connectivity index (χ1v) is 9.09. The molecule has 0 spiro atoms. The van der Waals surface area contributed by atoms with Crippen LogP contribution < -0.4 is 0 Å². The molecule has 132 valence electrons. The number of aryl methyl sites for hydroxylation is 2. The van der Waals surface area contributed by atoms with Crippen molar-refractivity contribution in [2.45, 2.75) is 58.3 Å². The average Bonchev–Trinajstić information content (AvgIpc) is 2.58. The smallest absolute Gasteiger partial charge is 0.303 e. The van der Waals surface area contributed by atoms with Crippen LogP contribution >= 0.6 is 0 Å². The first-order valence-electron chi connectivity index (χ1n) is 9.09. The van der Waals surface area contributed by atoms with Crippen molar-refractivity contribution >= 4 is 11.9 Å². The van der Waals surface area contributed by atoms with Crippen molar-refractivity contribution in [1.82, 2.24) is 4.90 Å². The van der Waals surface area contributed by atoms with E-state index in [1.54, 1.807) is 0 Å². The van der Waals surface area contributed by atoms with Crippen molar-refractivity contribution in [3.63, 3.8) is 0 Å². The molecule has 0 atom stereocenters. The minimum absolute atomic E-state index is 0.161. The molecule has 0 radical (unpaired) electrons. The molecule has 0 aliphatic carbocycles. The Balaban J connectivity index is 1.62. The second-order valence-corrected chi connectivity index (χ2v) is 6.95. The van der Waals surface area contributed by atoms with E-state index in [0.717, 1.165) is 32.4 Å². The zero-order valence-electron chi connectivity index (χ0n) is 14.7. The van der Waals surface area contributed by atoms with Gasteiger partial charge in [-0.25, -0.2) is 0 Å². The molecule has 1 aromatic carbocycles. The summed E-state index contributed by atoms with van der Waals surface area (Å²) in [5.74, 6) is 0.122. The van der Waals surface area contributed by atoms with Gasteiger partial charge in [-0.1, -0.05) is 29.8 Å². The Hall–Kier alpha value is -1.84. The summed E-state index contributed by atoms with van der Waals surface area (Å²) in [4.78, 5) is 24.6. The molecule has 1 aliphatic heterocycles. The number of rotatable bonds is 8. The summed E-state index contributed by atoms with van der Waals surface area (Å²) < 4.78 is 0. The number of carboxylic acid groups (broad SMARTS) is 1. The van der Waals surface area contributed by atoms with Gasteiger partial charge in [0, 0.05) is 25.9 Å². The van der Waals surface area contributed by atoms with Crippen LogP contribution in [0.4, 0.5) is 0 Å². The molecule has 1 heterocycles. The van der Waals surface area contributed by atoms with Gasteiger partial charge in [0.05, 0.1) is 0 Å². The van der Waals surface area contributed by atoms with Gasteiger partial charge in [0.2, 0.25) is 5.91 Å². The van der Waals surface area contributed by atoms with Crippen LogP contribution in [0, 0.1) is 12.8 Å². The second-order valence-electron chi connectivity index (χ2n) is 6.95. The van der Waals surface area contributed by atoms with E-state index in [-0.39, 0.29) is 12.3 Å². The Bertz CT molecular complexity index is 530. The molecule has 0 saturated carbocycles. The van der Waals surface area contributed by atoms with Crippen molar-refractivity contribution in [2.75, 3.05) is 13.1 Å². The fourth-order valence-corrected chi connectivity index (χ4v) is 3.31. The van der Waals surface area contributed by atoms with Gasteiger partial charge in [0.15, 0.2) is 0 Å². The third kappa shape index (κ3) is 6.34. The molecule has 0 unspecified atom stereocenters. The third-order valence-electron chi connectivity index (χ3n) is 4.96. The summed E-state index contributed by atoms with van der Waals surface area (Å²) in [7, 11) is 0. The van der Waals surface area contributed by atoms with E-state index in [9.17, 15) is 9.59 Å². The zero-order chi connectivity index (χ0) is 17.4. The first-order chi connectivity index (χ1) is 11.5. The van der Waals surface area contributed by atoms with Crippen LogP contribution in [0.15, 0.2) is 24.3 Å². The van der Waals surface area contributed by atoms with Crippen molar-refractivity contribution in [3.8, 4) is 0 Å². The lowest BCUT2D eigenvalue weighted by Gasteiger charge is -2.32. The average molecular weight is 331 g/mol. The quantitative estimate of drug-likeness (QED) is 0.737. The van der Waals surface area contributed by atoms with E-state index >= 15 is 0 Å². The lowest BCUT2D eigenvalue weighted by atomic mass is 9.90. The summed E-state index contributed by atoms with van der Waals surface area (Å²) in [6, 6.07) is 8.76. The highest BCUT2D eigenvalue weighted by molar-refractivity contribution is 5.76. The first kappa shape index (κ1) is 18.5. The topological polar surface area (TPSA) is 57.6 Å². The summed E-state index contributed by atoms with van der Waals surface area (Å²) in [5, 5.41) is 8.61. The molecule has 1 saturated heterocycles. The molecular weight excluding hydrogens is 302 g/mol. The van der Waals surface area contributed by atoms with Crippen LogP contribution in [0.3, 0.4) is 0 Å². The van der Waals surface area contributed by atoms with E-state index in [4.69, 9.17) is 5.11 Å². The van der Waals surface area contributed by atoms with Crippen molar-refractivity contribution in [1.29, 1.82) is 0 Å². The van der Waals surface area contributed by atoms with Crippen molar-refractivity contribution < 1.29 is 14.7 Å². The highest BCUT2D eigenvalue weighted by atomic mass is 16.4. The number of hydrogen-bond acceptors (Lipinski definition) is 2. The minimum Gasteiger partial charge on any atom is -0.481 e. The fraction of sp³-hybridized carbons (Fsp3) is 0.600. The molecule has 2 rings (SSSR count). The number of aliphatic carboxylic acids is 1. The number of carbonyl (C=O) groups is 2. The highest BCUT2D eigenvalue weighted by Gasteiger charge is 2.22. The number of piperidine rings is 1. The predicted octanol–water partition coefficient (Wildman–Crippen LogP) is 3.81.